The van der Waals surface area contributed by atoms with Crippen molar-refractivity contribution < 1.29 is 27.8 Å². The normalized spacial score (nSPS) is 14.3. The lowest BCUT2D eigenvalue weighted by atomic mass is 10.0. The second-order valence-electron chi connectivity index (χ2n) is 19.7. The monoisotopic (exact) mass is 986 g/mol. The van der Waals surface area contributed by atoms with Gasteiger partial charge in [-0.2, -0.15) is 9.97 Å². The van der Waals surface area contributed by atoms with Crippen molar-refractivity contribution in [3.05, 3.63) is 156 Å². The van der Waals surface area contributed by atoms with E-state index < -0.39 is 5.60 Å². The zero-order valence-electron chi connectivity index (χ0n) is 42.3. The minimum absolute atomic E-state index is 0.0779. The number of likely N-dealkylation sites (tertiary alicyclic amines) is 1. The number of aromatic nitrogens is 8. The van der Waals surface area contributed by atoms with E-state index in [4.69, 9.17) is 34.1 Å². The maximum atomic E-state index is 13.7. The van der Waals surface area contributed by atoms with Gasteiger partial charge in [0.25, 0.3) is 0 Å². The molecule has 0 radical (unpaired) electrons. The molecule has 73 heavy (non-hydrogen) atoms. The predicted octanol–water partition coefficient (Wildman–Crippen LogP) is 12.6. The molecule has 8 aromatic rings. The van der Waals surface area contributed by atoms with E-state index >= 15 is 0 Å². The quantitative estimate of drug-likeness (QED) is 0.140. The summed E-state index contributed by atoms with van der Waals surface area (Å²) in [5, 5.41) is 3.41. The van der Waals surface area contributed by atoms with Gasteiger partial charge in [0, 0.05) is 48.7 Å². The summed E-state index contributed by atoms with van der Waals surface area (Å²) in [6, 6.07) is 29.2. The fourth-order valence-corrected chi connectivity index (χ4v) is 9.40. The van der Waals surface area contributed by atoms with Gasteiger partial charge in [-0.3, -0.25) is 0 Å². The molecule has 4 aromatic heterocycles. The number of carbonyl (C=O) groups is 1. The largest absolute Gasteiger partial charge is 0.444 e. The van der Waals surface area contributed by atoms with Gasteiger partial charge in [-0.05, 0) is 194 Å². The van der Waals surface area contributed by atoms with Crippen molar-refractivity contribution in [2.75, 3.05) is 26.2 Å². The van der Waals surface area contributed by atoms with E-state index in [1.54, 1.807) is 47.9 Å². The average Bonchev–Trinajstić information content (AvgIpc) is 4.01. The van der Waals surface area contributed by atoms with Crippen molar-refractivity contribution in [2.24, 2.45) is 0 Å². The van der Waals surface area contributed by atoms with Crippen LogP contribution in [-0.2, 0) is 4.74 Å². The third kappa shape index (κ3) is 12.4. The fraction of sp³-hybridized carbons (Fsp3) is 0.316. The first kappa shape index (κ1) is 50.1. The van der Waals surface area contributed by atoms with Gasteiger partial charge in [0.05, 0.1) is 46.8 Å². The summed E-state index contributed by atoms with van der Waals surface area (Å²) in [6.45, 7) is 16.7. The fourth-order valence-electron chi connectivity index (χ4n) is 9.40. The summed E-state index contributed by atoms with van der Waals surface area (Å²) < 4.78 is 49.2. The number of imidazole rings is 2. The van der Waals surface area contributed by atoms with Crippen LogP contribution in [0.25, 0.3) is 45.3 Å². The Morgan fingerprint density at radius 2 is 0.986 bits per heavy atom. The topological polar surface area (TPSA) is 147 Å². The molecule has 0 aliphatic carbocycles. The van der Waals surface area contributed by atoms with Crippen LogP contribution in [0.15, 0.2) is 122 Å². The van der Waals surface area contributed by atoms with Crippen molar-refractivity contribution >= 4 is 6.09 Å². The Bertz CT molecular complexity index is 3150. The molecule has 0 saturated carbocycles. The van der Waals surface area contributed by atoms with Crippen LogP contribution in [-0.4, -0.2) is 81.8 Å². The highest BCUT2D eigenvalue weighted by atomic mass is 19.1. The Hall–Kier alpha value is -7.85. The van der Waals surface area contributed by atoms with Crippen LogP contribution < -0.4 is 14.8 Å². The summed E-state index contributed by atoms with van der Waals surface area (Å²) >= 11 is 0. The number of hydrogen-bond donors (Lipinski definition) is 1. The van der Waals surface area contributed by atoms with Gasteiger partial charge in [0.2, 0.25) is 0 Å². The maximum absolute atomic E-state index is 13.7. The van der Waals surface area contributed by atoms with Gasteiger partial charge in [-0.25, -0.2) is 33.5 Å². The van der Waals surface area contributed by atoms with Gasteiger partial charge in [-0.15, -0.1) is 0 Å². The molecule has 1 N–H and O–H groups in total. The number of rotatable bonds is 10. The van der Waals surface area contributed by atoms with E-state index in [0.29, 0.717) is 42.0 Å². The van der Waals surface area contributed by atoms with Gasteiger partial charge in [0.15, 0.2) is 0 Å². The Morgan fingerprint density at radius 1 is 0.575 bits per heavy atom. The number of amides is 1. The van der Waals surface area contributed by atoms with Crippen LogP contribution in [0.5, 0.6) is 23.5 Å². The van der Waals surface area contributed by atoms with Crippen molar-refractivity contribution in [3.63, 3.8) is 0 Å². The standard InChI is InChI=1S/C31H34FN5O3.C26H26FN5O/c1-20-16-21(2)18-25(17-20)39-29-33-13-10-26(35-29)28-27(22-6-8-23(32)9-7-22)34-19-37(28)24-11-14-36(15-12-24)30(38)40-31(3,4)5;1-17-13-18(2)15-22(14-17)33-26-29-12-9-23(31-26)25-24(19-3-5-20(27)6-4-19)30-16-32(25)21-7-10-28-11-8-21/h6-10,13,16-19,24H,11-12,14-15H2,1-5H3;3-6,9,12-16,21,28H,7-8,10-11H2,1-2H3. The van der Waals surface area contributed by atoms with Crippen molar-refractivity contribution in [1.82, 2.24) is 49.3 Å². The van der Waals surface area contributed by atoms with Gasteiger partial charge < -0.3 is 33.6 Å². The van der Waals surface area contributed by atoms with Crippen LogP contribution in [0.4, 0.5) is 13.6 Å². The molecule has 2 aliphatic heterocycles. The van der Waals surface area contributed by atoms with E-state index in [2.05, 4.69) is 36.6 Å². The molecule has 0 unspecified atom stereocenters. The highest BCUT2D eigenvalue weighted by Crippen LogP contribution is 2.38. The molecule has 10 rings (SSSR count). The molecule has 0 atom stereocenters. The summed E-state index contributed by atoms with van der Waals surface area (Å²) in [5.41, 5.74) is 9.96. The number of benzene rings is 4. The molecule has 2 aliphatic rings. The zero-order chi connectivity index (χ0) is 51.2. The predicted molar refractivity (Wildman–Crippen MR) is 276 cm³/mol. The molecule has 376 valence electrons. The second-order valence-corrected chi connectivity index (χ2v) is 19.7. The van der Waals surface area contributed by atoms with Crippen LogP contribution in [0.3, 0.4) is 0 Å². The van der Waals surface area contributed by atoms with Gasteiger partial charge in [0.1, 0.15) is 28.7 Å². The van der Waals surface area contributed by atoms with E-state index in [1.807, 2.05) is 91.2 Å². The van der Waals surface area contributed by atoms with Crippen LogP contribution in [0, 0.1) is 39.3 Å². The SMILES string of the molecule is Cc1cc(C)cc(Oc2nccc(-c3c(-c4ccc(F)cc4)ncn3C3CCN(C(=O)OC(C)(C)C)CC3)n2)c1.Cc1cc(C)cc(Oc2nccc(-c3c(-c4ccc(F)cc4)ncn3C3CCNCC3)n2)c1. The van der Waals surface area contributed by atoms with E-state index in [0.717, 1.165) is 94.9 Å². The molecule has 1 amide bonds. The molecule has 16 heteroatoms. The van der Waals surface area contributed by atoms with Crippen molar-refractivity contribution in [2.45, 2.75) is 91.8 Å². The molecule has 0 spiro atoms. The average molecular weight is 987 g/mol. The molecule has 6 heterocycles. The Labute approximate surface area is 424 Å². The Kier molecular flexibility index (Phi) is 15.0. The Morgan fingerprint density at radius 3 is 1.40 bits per heavy atom. The zero-order valence-corrected chi connectivity index (χ0v) is 42.3. The summed E-state index contributed by atoms with van der Waals surface area (Å²) in [4.78, 5) is 42.0. The second kappa shape index (κ2) is 21.9. The first-order valence-corrected chi connectivity index (χ1v) is 24.7. The number of nitrogens with zero attached hydrogens (tertiary/aromatic N) is 9. The van der Waals surface area contributed by atoms with E-state index in [-0.39, 0.29) is 35.8 Å². The molecule has 14 nitrogen and oxygen atoms in total. The first-order chi connectivity index (χ1) is 35.1. The minimum Gasteiger partial charge on any atom is -0.444 e. The highest BCUT2D eigenvalue weighted by Gasteiger charge is 2.30. The smallest absolute Gasteiger partial charge is 0.410 e. The molecule has 2 saturated heterocycles. The number of aryl methyl sites for hydroxylation is 4. The maximum Gasteiger partial charge on any atom is 0.410 e. The number of carbonyl (C=O) groups excluding carboxylic acids is 1. The molecular weight excluding hydrogens is 927 g/mol. The van der Waals surface area contributed by atoms with Crippen LogP contribution >= 0.6 is 0 Å². The number of piperidine rings is 2. The number of ether oxygens (including phenoxy) is 3. The molecular formula is C57H60F2N10O4. The third-order valence-corrected chi connectivity index (χ3v) is 12.6. The number of halogens is 2. The number of nitrogens with one attached hydrogen (secondary N) is 1. The summed E-state index contributed by atoms with van der Waals surface area (Å²) in [5.74, 6) is 0.779. The van der Waals surface area contributed by atoms with Crippen LogP contribution in [0.2, 0.25) is 0 Å². The van der Waals surface area contributed by atoms with E-state index in [9.17, 15) is 13.6 Å². The van der Waals surface area contributed by atoms with Crippen molar-refractivity contribution in [3.8, 4) is 68.8 Å². The lowest BCUT2D eigenvalue weighted by Crippen LogP contribution is -2.42. The van der Waals surface area contributed by atoms with Crippen molar-refractivity contribution in [1.29, 1.82) is 0 Å². The Balaban J connectivity index is 0.000000183. The van der Waals surface area contributed by atoms with Gasteiger partial charge >= 0.3 is 18.1 Å². The van der Waals surface area contributed by atoms with Gasteiger partial charge in [-0.1, -0.05) is 12.1 Å². The molecule has 0 bridgehead atoms. The lowest BCUT2D eigenvalue weighted by molar-refractivity contribution is 0.0189. The van der Waals surface area contributed by atoms with E-state index in [1.165, 1.54) is 24.3 Å². The highest BCUT2D eigenvalue weighted by molar-refractivity contribution is 5.78. The first-order valence-electron chi connectivity index (χ1n) is 24.7. The number of hydrogen-bond acceptors (Lipinski definition) is 11. The minimum atomic E-state index is -0.542. The van der Waals surface area contributed by atoms with Crippen LogP contribution in [0.1, 0.15) is 80.8 Å². The molecule has 4 aromatic carbocycles. The lowest BCUT2D eigenvalue weighted by Gasteiger charge is -2.34. The third-order valence-electron chi connectivity index (χ3n) is 12.6. The molecule has 2 fully saturated rings. The summed E-state index contributed by atoms with van der Waals surface area (Å²) in [6.07, 6.45) is 10.2. The summed E-state index contributed by atoms with van der Waals surface area (Å²) in [7, 11) is 0.